The number of carbonyl (C=O) groups excluding carboxylic acids is 3. The summed E-state index contributed by atoms with van der Waals surface area (Å²) < 4.78 is 15.7. The minimum Gasteiger partial charge on any atom is -0.480 e. The SMILES string of the molecule is CCCOCCNC(=O)COCCOCCNC(=O)CCC(NC(=O)CC)C(=O)O. The maximum absolute atomic E-state index is 11.7. The van der Waals surface area contributed by atoms with Gasteiger partial charge in [-0.3, -0.25) is 14.4 Å². The molecular weight excluding hydrogens is 398 g/mol. The topological polar surface area (TPSA) is 152 Å². The molecule has 0 bridgehead atoms. The number of nitrogens with one attached hydrogen (secondary N) is 3. The first-order valence-electron chi connectivity index (χ1n) is 10.2. The van der Waals surface area contributed by atoms with Crippen LogP contribution in [0.4, 0.5) is 0 Å². The highest BCUT2D eigenvalue weighted by molar-refractivity contribution is 5.84. The first-order valence-corrected chi connectivity index (χ1v) is 10.2. The summed E-state index contributed by atoms with van der Waals surface area (Å²) in [5, 5.41) is 16.7. The van der Waals surface area contributed by atoms with Crippen molar-refractivity contribution < 1.29 is 38.5 Å². The Labute approximate surface area is 177 Å². The van der Waals surface area contributed by atoms with Gasteiger partial charge in [-0.05, 0) is 12.8 Å². The van der Waals surface area contributed by atoms with Gasteiger partial charge in [0.2, 0.25) is 17.7 Å². The lowest BCUT2D eigenvalue weighted by molar-refractivity contribution is -0.142. The predicted molar refractivity (Wildman–Crippen MR) is 108 cm³/mol. The molecule has 1 unspecified atom stereocenters. The van der Waals surface area contributed by atoms with Crippen molar-refractivity contribution in [3.63, 3.8) is 0 Å². The van der Waals surface area contributed by atoms with E-state index in [0.29, 0.717) is 19.8 Å². The summed E-state index contributed by atoms with van der Waals surface area (Å²) in [6, 6.07) is -1.09. The van der Waals surface area contributed by atoms with Gasteiger partial charge in [0.25, 0.3) is 0 Å². The highest BCUT2D eigenvalue weighted by atomic mass is 16.5. The lowest BCUT2D eigenvalue weighted by atomic mass is 10.1. The summed E-state index contributed by atoms with van der Waals surface area (Å²) in [5.74, 6) is -2.10. The van der Waals surface area contributed by atoms with Crippen molar-refractivity contribution >= 4 is 23.7 Å². The van der Waals surface area contributed by atoms with Crippen LogP contribution in [0.15, 0.2) is 0 Å². The molecule has 174 valence electrons. The van der Waals surface area contributed by atoms with Crippen LogP contribution in [0.3, 0.4) is 0 Å². The summed E-state index contributed by atoms with van der Waals surface area (Å²) in [6.45, 7) is 6.17. The van der Waals surface area contributed by atoms with Gasteiger partial charge in [-0.15, -0.1) is 0 Å². The number of ether oxygens (including phenoxy) is 3. The van der Waals surface area contributed by atoms with Crippen LogP contribution in [-0.2, 0) is 33.4 Å². The molecule has 11 heteroatoms. The maximum atomic E-state index is 11.7. The molecule has 0 aliphatic heterocycles. The predicted octanol–water partition coefficient (Wildman–Crippen LogP) is -0.562. The number of amides is 3. The Balaban J connectivity index is 3.61. The Morgan fingerprint density at radius 1 is 0.800 bits per heavy atom. The van der Waals surface area contributed by atoms with Crippen molar-refractivity contribution in [3.8, 4) is 0 Å². The standard InChI is InChI=1S/C19H35N3O8/c1-3-9-28-10-8-21-18(25)14-30-13-12-29-11-7-20-17(24)6-5-15(19(26)27)22-16(23)4-2/h15H,3-14H2,1-2H3,(H,20,24)(H,21,25)(H,22,23)(H,26,27). The highest BCUT2D eigenvalue weighted by Gasteiger charge is 2.20. The molecule has 0 spiro atoms. The first kappa shape index (κ1) is 27.8. The summed E-state index contributed by atoms with van der Waals surface area (Å²) >= 11 is 0. The van der Waals surface area contributed by atoms with E-state index in [1.54, 1.807) is 6.92 Å². The molecule has 0 radical (unpaired) electrons. The van der Waals surface area contributed by atoms with Crippen molar-refractivity contribution in [2.75, 3.05) is 52.7 Å². The van der Waals surface area contributed by atoms with Gasteiger partial charge in [-0.2, -0.15) is 0 Å². The van der Waals surface area contributed by atoms with E-state index >= 15 is 0 Å². The van der Waals surface area contributed by atoms with Gasteiger partial charge >= 0.3 is 5.97 Å². The Hall–Kier alpha value is -2.24. The van der Waals surface area contributed by atoms with Crippen molar-refractivity contribution in [3.05, 3.63) is 0 Å². The monoisotopic (exact) mass is 433 g/mol. The molecule has 0 aromatic rings. The van der Waals surface area contributed by atoms with Crippen molar-refractivity contribution in [1.82, 2.24) is 16.0 Å². The number of rotatable bonds is 19. The molecule has 0 aliphatic rings. The minimum absolute atomic E-state index is 0.00833. The molecule has 0 aromatic heterocycles. The van der Waals surface area contributed by atoms with E-state index in [4.69, 9.17) is 19.3 Å². The average Bonchev–Trinajstić information content (AvgIpc) is 2.72. The van der Waals surface area contributed by atoms with Gasteiger partial charge in [-0.25, -0.2) is 4.79 Å². The van der Waals surface area contributed by atoms with Gasteiger partial charge < -0.3 is 35.3 Å². The third-order valence-corrected chi connectivity index (χ3v) is 3.71. The number of hydrogen-bond acceptors (Lipinski definition) is 7. The second-order valence-corrected chi connectivity index (χ2v) is 6.33. The van der Waals surface area contributed by atoms with Crippen LogP contribution in [0.2, 0.25) is 0 Å². The molecule has 0 saturated carbocycles. The van der Waals surface area contributed by atoms with Crippen LogP contribution >= 0.6 is 0 Å². The third-order valence-electron chi connectivity index (χ3n) is 3.71. The summed E-state index contributed by atoms with van der Waals surface area (Å²) in [5.41, 5.74) is 0. The van der Waals surface area contributed by atoms with Crippen molar-refractivity contribution in [2.45, 2.75) is 45.6 Å². The minimum atomic E-state index is -1.17. The van der Waals surface area contributed by atoms with Gasteiger partial charge in [0.15, 0.2) is 0 Å². The molecule has 0 heterocycles. The van der Waals surface area contributed by atoms with Crippen LogP contribution < -0.4 is 16.0 Å². The molecule has 0 rings (SSSR count). The Kier molecular flexibility index (Phi) is 17.4. The number of carboxylic acids is 1. The molecule has 0 aliphatic carbocycles. The highest BCUT2D eigenvalue weighted by Crippen LogP contribution is 1.99. The van der Waals surface area contributed by atoms with Crippen LogP contribution in [0.25, 0.3) is 0 Å². The number of aliphatic carboxylic acids is 1. The van der Waals surface area contributed by atoms with Crippen LogP contribution in [0.1, 0.15) is 39.5 Å². The molecular formula is C19H35N3O8. The lowest BCUT2D eigenvalue weighted by Crippen LogP contribution is -2.41. The fourth-order valence-corrected chi connectivity index (χ4v) is 2.13. The van der Waals surface area contributed by atoms with Crippen LogP contribution in [-0.4, -0.2) is 87.6 Å². The van der Waals surface area contributed by atoms with Crippen LogP contribution in [0, 0.1) is 0 Å². The van der Waals surface area contributed by atoms with Gasteiger partial charge in [0.05, 0.1) is 26.4 Å². The van der Waals surface area contributed by atoms with E-state index < -0.39 is 12.0 Å². The first-order chi connectivity index (χ1) is 14.4. The van der Waals surface area contributed by atoms with E-state index in [2.05, 4.69) is 16.0 Å². The lowest BCUT2D eigenvalue weighted by Gasteiger charge is -2.13. The maximum Gasteiger partial charge on any atom is 0.326 e. The molecule has 3 amide bonds. The summed E-state index contributed by atoms with van der Waals surface area (Å²) in [4.78, 5) is 45.6. The zero-order chi connectivity index (χ0) is 22.6. The van der Waals surface area contributed by atoms with Gasteiger partial charge in [0, 0.05) is 32.5 Å². The second kappa shape index (κ2) is 18.8. The van der Waals surface area contributed by atoms with Crippen molar-refractivity contribution in [2.24, 2.45) is 0 Å². The number of hydrogen-bond donors (Lipinski definition) is 4. The quantitative estimate of drug-likeness (QED) is 0.198. The molecule has 0 aromatic carbocycles. The fourth-order valence-electron chi connectivity index (χ4n) is 2.13. The number of carbonyl (C=O) groups is 4. The van der Waals surface area contributed by atoms with E-state index in [1.807, 2.05) is 6.92 Å². The average molecular weight is 434 g/mol. The van der Waals surface area contributed by atoms with E-state index in [9.17, 15) is 19.2 Å². The normalized spacial score (nSPS) is 11.5. The molecule has 11 nitrogen and oxygen atoms in total. The Bertz CT molecular complexity index is 516. The van der Waals surface area contributed by atoms with E-state index in [-0.39, 0.29) is 70.0 Å². The van der Waals surface area contributed by atoms with Crippen molar-refractivity contribution in [1.29, 1.82) is 0 Å². The Morgan fingerprint density at radius 2 is 1.40 bits per heavy atom. The van der Waals surface area contributed by atoms with E-state index in [1.165, 1.54) is 0 Å². The van der Waals surface area contributed by atoms with Crippen LogP contribution in [0.5, 0.6) is 0 Å². The smallest absolute Gasteiger partial charge is 0.326 e. The molecule has 0 fully saturated rings. The zero-order valence-electron chi connectivity index (χ0n) is 17.9. The molecule has 0 saturated heterocycles. The largest absolute Gasteiger partial charge is 0.480 e. The van der Waals surface area contributed by atoms with E-state index in [0.717, 1.165) is 6.42 Å². The third kappa shape index (κ3) is 16.7. The van der Waals surface area contributed by atoms with Gasteiger partial charge in [0.1, 0.15) is 12.6 Å². The Morgan fingerprint density at radius 3 is 2.00 bits per heavy atom. The summed E-state index contributed by atoms with van der Waals surface area (Å²) in [7, 11) is 0. The zero-order valence-corrected chi connectivity index (χ0v) is 17.9. The summed E-state index contributed by atoms with van der Waals surface area (Å²) in [6.07, 6.45) is 1.09. The second-order valence-electron chi connectivity index (χ2n) is 6.33. The van der Waals surface area contributed by atoms with Gasteiger partial charge in [-0.1, -0.05) is 13.8 Å². The molecule has 1 atom stereocenters. The molecule has 4 N–H and O–H groups in total. The molecule has 30 heavy (non-hydrogen) atoms. The number of carboxylic acid groups (broad SMARTS) is 1. The fraction of sp³-hybridized carbons (Fsp3) is 0.789.